The number of piperazine rings is 1. The summed E-state index contributed by atoms with van der Waals surface area (Å²) in [7, 11) is 0. The molecule has 1 aromatic heterocycles. The van der Waals surface area contributed by atoms with Gasteiger partial charge in [-0.05, 0) is 42.6 Å². The molecule has 0 bridgehead atoms. The third-order valence-corrected chi connectivity index (χ3v) is 5.87. The Labute approximate surface area is 130 Å². The highest BCUT2D eigenvalue weighted by molar-refractivity contribution is 9.10. The van der Waals surface area contributed by atoms with Gasteiger partial charge < -0.3 is 5.32 Å². The van der Waals surface area contributed by atoms with Crippen LogP contribution in [0.5, 0.6) is 0 Å². The molecule has 2 aliphatic rings. The highest BCUT2D eigenvalue weighted by Gasteiger charge is 2.37. The molecule has 3 rings (SSSR count). The van der Waals surface area contributed by atoms with Gasteiger partial charge in [-0.1, -0.05) is 12.8 Å². The van der Waals surface area contributed by atoms with Crippen molar-refractivity contribution in [2.75, 3.05) is 19.6 Å². The number of hydrogen-bond acceptors (Lipinski definition) is 3. The molecule has 1 saturated heterocycles. The average molecular weight is 341 g/mol. The topological polar surface area (TPSA) is 33.1 Å². The molecule has 1 aliphatic heterocycles. The molecule has 1 saturated carbocycles. The fraction of sp³-hybridized carbons (Fsp3) is 0.800. The van der Waals surface area contributed by atoms with Crippen LogP contribution in [0.15, 0.2) is 4.47 Å². The van der Waals surface area contributed by atoms with Gasteiger partial charge in [0.1, 0.15) is 0 Å². The van der Waals surface area contributed by atoms with Crippen molar-refractivity contribution in [2.45, 2.75) is 58.2 Å². The van der Waals surface area contributed by atoms with Crippen LogP contribution in [0, 0.1) is 6.92 Å². The van der Waals surface area contributed by atoms with Crippen LogP contribution in [0.2, 0.25) is 0 Å². The normalized spacial score (nSPS) is 22.8. The van der Waals surface area contributed by atoms with Crippen molar-refractivity contribution in [3.8, 4) is 0 Å². The van der Waals surface area contributed by atoms with E-state index >= 15 is 0 Å². The Morgan fingerprint density at radius 2 is 2.10 bits per heavy atom. The van der Waals surface area contributed by atoms with Crippen LogP contribution in [0.3, 0.4) is 0 Å². The summed E-state index contributed by atoms with van der Waals surface area (Å²) in [4.78, 5) is 2.61. The summed E-state index contributed by atoms with van der Waals surface area (Å²) in [6.45, 7) is 9.65. The third-order valence-electron chi connectivity index (χ3n) is 4.84. The lowest BCUT2D eigenvalue weighted by Crippen LogP contribution is -2.58. The fourth-order valence-corrected chi connectivity index (χ4v) is 4.21. The molecule has 0 unspecified atom stereocenters. The van der Waals surface area contributed by atoms with E-state index in [0.29, 0.717) is 5.54 Å². The van der Waals surface area contributed by atoms with E-state index in [1.807, 2.05) is 0 Å². The van der Waals surface area contributed by atoms with E-state index in [1.165, 1.54) is 42.4 Å². The summed E-state index contributed by atoms with van der Waals surface area (Å²) >= 11 is 3.72. The van der Waals surface area contributed by atoms with Crippen molar-refractivity contribution < 1.29 is 0 Å². The van der Waals surface area contributed by atoms with Gasteiger partial charge in [0.2, 0.25) is 0 Å². The van der Waals surface area contributed by atoms with Crippen LogP contribution >= 0.6 is 15.9 Å². The molecule has 1 N–H and O–H groups in total. The van der Waals surface area contributed by atoms with Crippen LogP contribution < -0.4 is 5.32 Å². The average Bonchev–Trinajstić information content (AvgIpc) is 2.99. The predicted octanol–water partition coefficient (Wildman–Crippen LogP) is 2.69. The molecule has 1 aromatic rings. The van der Waals surface area contributed by atoms with Gasteiger partial charge in [-0.2, -0.15) is 5.10 Å². The van der Waals surface area contributed by atoms with E-state index < -0.39 is 0 Å². The molecular formula is C15H25BrN4. The molecule has 2 heterocycles. The number of halogens is 1. The number of aryl methyl sites for hydroxylation is 2. The Hall–Kier alpha value is -0.390. The molecule has 0 amide bonds. The smallest absolute Gasteiger partial charge is 0.0739 e. The lowest BCUT2D eigenvalue weighted by atomic mass is 9.94. The summed E-state index contributed by atoms with van der Waals surface area (Å²) < 4.78 is 3.33. The molecule has 2 fully saturated rings. The van der Waals surface area contributed by atoms with Gasteiger partial charge in [0.15, 0.2) is 0 Å². The van der Waals surface area contributed by atoms with Gasteiger partial charge in [0.25, 0.3) is 0 Å². The number of nitrogens with zero attached hydrogens (tertiary/aromatic N) is 3. The van der Waals surface area contributed by atoms with Crippen molar-refractivity contribution in [1.29, 1.82) is 0 Å². The molecule has 1 aliphatic carbocycles. The minimum Gasteiger partial charge on any atom is -0.309 e. The monoisotopic (exact) mass is 340 g/mol. The first kappa shape index (κ1) is 14.5. The second kappa shape index (κ2) is 5.78. The maximum atomic E-state index is 4.61. The largest absolute Gasteiger partial charge is 0.309 e. The van der Waals surface area contributed by atoms with E-state index in [0.717, 1.165) is 31.9 Å². The Bertz CT molecular complexity index is 476. The van der Waals surface area contributed by atoms with Crippen molar-refractivity contribution in [3.63, 3.8) is 0 Å². The first-order valence-electron chi connectivity index (χ1n) is 7.83. The molecule has 1 spiro atoms. The minimum atomic E-state index is 0.400. The van der Waals surface area contributed by atoms with E-state index in [9.17, 15) is 0 Å². The zero-order valence-electron chi connectivity index (χ0n) is 12.6. The van der Waals surface area contributed by atoms with E-state index in [1.54, 1.807) is 0 Å². The maximum absolute atomic E-state index is 4.61. The zero-order valence-corrected chi connectivity index (χ0v) is 14.2. The second-order valence-corrected chi connectivity index (χ2v) is 7.08. The Morgan fingerprint density at radius 1 is 1.35 bits per heavy atom. The first-order valence-corrected chi connectivity index (χ1v) is 8.62. The molecule has 20 heavy (non-hydrogen) atoms. The fourth-order valence-electron chi connectivity index (χ4n) is 3.80. The van der Waals surface area contributed by atoms with Crippen molar-refractivity contribution >= 4 is 15.9 Å². The van der Waals surface area contributed by atoms with Crippen LogP contribution in [-0.2, 0) is 13.1 Å². The van der Waals surface area contributed by atoms with Crippen LogP contribution in [0.25, 0.3) is 0 Å². The van der Waals surface area contributed by atoms with Crippen molar-refractivity contribution in [1.82, 2.24) is 20.0 Å². The van der Waals surface area contributed by atoms with Crippen LogP contribution in [0.1, 0.15) is 44.0 Å². The number of nitrogens with one attached hydrogen (secondary N) is 1. The molecule has 112 valence electrons. The standard InChI is InChI=1S/C15H25BrN4/c1-3-20-13(14(16)12(2)18-20)10-19-9-8-17-15(11-19)6-4-5-7-15/h17H,3-11H2,1-2H3. The van der Waals surface area contributed by atoms with Gasteiger partial charge in [-0.15, -0.1) is 0 Å². The van der Waals surface area contributed by atoms with Crippen LogP contribution in [0.4, 0.5) is 0 Å². The lowest BCUT2D eigenvalue weighted by Gasteiger charge is -2.41. The third kappa shape index (κ3) is 2.68. The first-order chi connectivity index (χ1) is 9.63. The SMILES string of the molecule is CCn1nc(C)c(Br)c1CN1CCNC2(CCCC2)C1. The Kier molecular flexibility index (Phi) is 4.20. The summed E-state index contributed by atoms with van der Waals surface area (Å²) in [5, 5.41) is 8.39. The van der Waals surface area contributed by atoms with E-state index in [4.69, 9.17) is 0 Å². The Balaban J connectivity index is 1.74. The molecule has 4 nitrogen and oxygen atoms in total. The molecule has 0 radical (unpaired) electrons. The van der Waals surface area contributed by atoms with Crippen LogP contribution in [-0.4, -0.2) is 39.9 Å². The van der Waals surface area contributed by atoms with Gasteiger partial charge in [-0.25, -0.2) is 0 Å². The lowest BCUT2D eigenvalue weighted by molar-refractivity contribution is 0.126. The molecule has 0 atom stereocenters. The molecule has 0 aromatic carbocycles. The van der Waals surface area contributed by atoms with Gasteiger partial charge in [0.05, 0.1) is 15.9 Å². The molecular weight excluding hydrogens is 316 g/mol. The number of hydrogen-bond donors (Lipinski definition) is 1. The highest BCUT2D eigenvalue weighted by atomic mass is 79.9. The van der Waals surface area contributed by atoms with Crippen molar-refractivity contribution in [3.05, 3.63) is 15.9 Å². The summed E-state index contributed by atoms with van der Waals surface area (Å²) in [5.41, 5.74) is 2.84. The van der Waals surface area contributed by atoms with E-state index in [2.05, 4.69) is 49.8 Å². The van der Waals surface area contributed by atoms with Gasteiger partial charge in [-0.3, -0.25) is 9.58 Å². The minimum absolute atomic E-state index is 0.400. The van der Waals surface area contributed by atoms with Gasteiger partial charge >= 0.3 is 0 Å². The summed E-state index contributed by atoms with van der Waals surface area (Å²) in [6.07, 6.45) is 5.46. The summed E-state index contributed by atoms with van der Waals surface area (Å²) in [6, 6.07) is 0. The second-order valence-electron chi connectivity index (χ2n) is 6.29. The number of aromatic nitrogens is 2. The highest BCUT2D eigenvalue weighted by Crippen LogP contribution is 2.33. The predicted molar refractivity (Wildman–Crippen MR) is 84.8 cm³/mol. The zero-order chi connectivity index (χ0) is 14.2. The Morgan fingerprint density at radius 3 is 2.80 bits per heavy atom. The quantitative estimate of drug-likeness (QED) is 0.918. The van der Waals surface area contributed by atoms with Gasteiger partial charge in [0, 0.05) is 38.3 Å². The maximum Gasteiger partial charge on any atom is 0.0739 e. The summed E-state index contributed by atoms with van der Waals surface area (Å²) in [5.74, 6) is 0. The molecule has 5 heteroatoms. The van der Waals surface area contributed by atoms with E-state index in [-0.39, 0.29) is 0 Å². The van der Waals surface area contributed by atoms with Crippen molar-refractivity contribution in [2.24, 2.45) is 0 Å². The number of rotatable bonds is 3.